The van der Waals surface area contributed by atoms with E-state index in [1.54, 1.807) is 17.0 Å². The molecule has 0 aliphatic rings. The molecule has 0 aromatic heterocycles. The van der Waals surface area contributed by atoms with Crippen molar-refractivity contribution in [3.63, 3.8) is 0 Å². The largest absolute Gasteiger partial charge is 0.478 e. The maximum atomic E-state index is 12.5. The molecule has 0 spiro atoms. The molecule has 3 rings (SSSR count). The number of carbonyl (C=O) groups excluding carboxylic acids is 1. The zero-order valence-electron chi connectivity index (χ0n) is 18.9. The van der Waals surface area contributed by atoms with E-state index in [0.717, 1.165) is 36.2 Å². The summed E-state index contributed by atoms with van der Waals surface area (Å²) >= 11 is 0. The standard InChI is InChI=1S/C18H21NO2.C9H10O2/c1-3-10-15(2)21-18(20)19(16-11-6-4-7-12-16)17-13-8-5-9-14-17;1-2-7-3-5-8(6-4-7)9(10)11/h4-9,11-15H,3,10H2,1-2H3;3-6H,2H2,1H3,(H,10,11). The number of carboxylic acids is 1. The number of para-hydroxylation sites is 2. The highest BCUT2D eigenvalue weighted by Gasteiger charge is 2.21. The summed E-state index contributed by atoms with van der Waals surface area (Å²) in [6.45, 7) is 6.04. The van der Waals surface area contributed by atoms with Gasteiger partial charge in [0, 0.05) is 0 Å². The highest BCUT2D eigenvalue weighted by atomic mass is 16.6. The van der Waals surface area contributed by atoms with Crippen LogP contribution in [0.25, 0.3) is 0 Å². The van der Waals surface area contributed by atoms with Gasteiger partial charge in [-0.05, 0) is 61.7 Å². The van der Waals surface area contributed by atoms with E-state index in [9.17, 15) is 9.59 Å². The van der Waals surface area contributed by atoms with Crippen LogP contribution in [0.15, 0.2) is 84.9 Å². The van der Waals surface area contributed by atoms with E-state index in [0.29, 0.717) is 5.56 Å². The summed E-state index contributed by atoms with van der Waals surface area (Å²) in [7, 11) is 0. The minimum Gasteiger partial charge on any atom is -0.478 e. The molecular weight excluding hydrogens is 402 g/mol. The highest BCUT2D eigenvalue weighted by Crippen LogP contribution is 2.26. The zero-order chi connectivity index (χ0) is 23.3. The molecule has 0 bridgehead atoms. The number of hydrogen-bond donors (Lipinski definition) is 1. The Balaban J connectivity index is 0.000000278. The van der Waals surface area contributed by atoms with Crippen molar-refractivity contribution in [2.75, 3.05) is 4.90 Å². The van der Waals surface area contributed by atoms with Crippen LogP contribution in [0.3, 0.4) is 0 Å². The molecule has 3 aromatic carbocycles. The topological polar surface area (TPSA) is 66.8 Å². The van der Waals surface area contributed by atoms with Crippen molar-refractivity contribution in [3.8, 4) is 0 Å². The average molecular weight is 434 g/mol. The number of benzene rings is 3. The molecule has 3 aromatic rings. The summed E-state index contributed by atoms with van der Waals surface area (Å²) < 4.78 is 5.55. The van der Waals surface area contributed by atoms with Crippen molar-refractivity contribution in [2.45, 2.75) is 46.1 Å². The van der Waals surface area contributed by atoms with Crippen molar-refractivity contribution in [1.29, 1.82) is 0 Å². The number of carbonyl (C=O) groups is 2. The lowest BCUT2D eigenvalue weighted by Crippen LogP contribution is -2.29. The van der Waals surface area contributed by atoms with Crippen molar-refractivity contribution in [2.24, 2.45) is 0 Å². The van der Waals surface area contributed by atoms with Gasteiger partial charge in [-0.15, -0.1) is 0 Å². The number of nitrogens with zero attached hydrogens (tertiary/aromatic N) is 1. The maximum Gasteiger partial charge on any atom is 0.419 e. The Kier molecular flexibility index (Phi) is 9.98. The lowest BCUT2D eigenvalue weighted by atomic mass is 10.1. The SMILES string of the molecule is CCCC(C)OC(=O)N(c1ccccc1)c1ccccc1.CCc1ccc(C(=O)O)cc1. The molecule has 32 heavy (non-hydrogen) atoms. The van der Waals surface area contributed by atoms with E-state index in [1.807, 2.05) is 86.6 Å². The minimum atomic E-state index is -0.868. The predicted octanol–water partition coefficient (Wildman–Crippen LogP) is 7.10. The number of hydrogen-bond acceptors (Lipinski definition) is 3. The molecule has 0 fully saturated rings. The van der Waals surface area contributed by atoms with Gasteiger partial charge in [0.1, 0.15) is 6.10 Å². The van der Waals surface area contributed by atoms with E-state index in [2.05, 4.69) is 6.92 Å². The van der Waals surface area contributed by atoms with Crippen LogP contribution >= 0.6 is 0 Å². The minimum absolute atomic E-state index is 0.0857. The first-order chi connectivity index (χ1) is 15.5. The molecule has 5 heteroatoms. The van der Waals surface area contributed by atoms with Crippen molar-refractivity contribution < 1.29 is 19.4 Å². The van der Waals surface area contributed by atoms with Gasteiger partial charge >= 0.3 is 12.1 Å². The van der Waals surface area contributed by atoms with E-state index < -0.39 is 5.97 Å². The smallest absolute Gasteiger partial charge is 0.419 e. The third-order valence-corrected chi connectivity index (χ3v) is 4.82. The van der Waals surface area contributed by atoms with Crippen molar-refractivity contribution in [1.82, 2.24) is 0 Å². The fourth-order valence-electron chi connectivity index (χ4n) is 3.09. The van der Waals surface area contributed by atoms with Crippen molar-refractivity contribution >= 4 is 23.4 Å². The highest BCUT2D eigenvalue weighted by molar-refractivity contribution is 5.96. The molecular formula is C27H31NO4. The molecule has 1 N–H and O–H groups in total. The summed E-state index contributed by atoms with van der Waals surface area (Å²) in [5.41, 5.74) is 3.12. The van der Waals surface area contributed by atoms with Crippen LogP contribution in [0.1, 0.15) is 49.5 Å². The molecule has 168 valence electrons. The van der Waals surface area contributed by atoms with Crippen molar-refractivity contribution in [3.05, 3.63) is 96.1 Å². The van der Waals surface area contributed by atoms with Gasteiger partial charge in [0.05, 0.1) is 16.9 Å². The van der Waals surface area contributed by atoms with Gasteiger partial charge in [0.25, 0.3) is 0 Å². The quantitative estimate of drug-likeness (QED) is 0.432. The summed E-state index contributed by atoms with van der Waals surface area (Å²) in [5.74, 6) is -0.868. The molecule has 1 unspecified atom stereocenters. The fraction of sp³-hybridized carbons (Fsp3) is 0.259. The van der Waals surface area contributed by atoms with Gasteiger partial charge in [0.15, 0.2) is 0 Å². The normalized spacial score (nSPS) is 11.0. The Bertz CT molecular complexity index is 916. The van der Waals surface area contributed by atoms with Gasteiger partial charge in [0.2, 0.25) is 0 Å². The second-order valence-corrected chi connectivity index (χ2v) is 7.35. The van der Waals surface area contributed by atoms with Gasteiger partial charge in [-0.3, -0.25) is 0 Å². The molecule has 5 nitrogen and oxygen atoms in total. The number of amides is 1. The second kappa shape index (κ2) is 13.0. The average Bonchev–Trinajstić information content (AvgIpc) is 2.81. The van der Waals surface area contributed by atoms with Crippen LogP contribution in [0.2, 0.25) is 0 Å². The first kappa shape index (κ1) is 24.7. The number of aryl methyl sites for hydroxylation is 1. The summed E-state index contributed by atoms with van der Waals surface area (Å²) in [6, 6.07) is 26.0. The monoisotopic (exact) mass is 433 g/mol. The van der Waals surface area contributed by atoms with Gasteiger partial charge in [-0.2, -0.15) is 0 Å². The Labute approximate surface area is 190 Å². The zero-order valence-corrected chi connectivity index (χ0v) is 18.9. The van der Waals surface area contributed by atoms with Crippen LogP contribution in [0.5, 0.6) is 0 Å². The second-order valence-electron chi connectivity index (χ2n) is 7.35. The predicted molar refractivity (Wildman–Crippen MR) is 129 cm³/mol. The number of ether oxygens (including phenoxy) is 1. The van der Waals surface area contributed by atoms with Gasteiger partial charge < -0.3 is 9.84 Å². The Morgan fingerprint density at radius 3 is 1.75 bits per heavy atom. The Morgan fingerprint density at radius 1 is 0.844 bits per heavy atom. The number of aromatic carboxylic acids is 1. The molecule has 0 aliphatic heterocycles. The number of carboxylic acid groups (broad SMARTS) is 1. The number of anilines is 2. The lowest BCUT2D eigenvalue weighted by molar-refractivity contribution is 0.0696. The molecule has 0 saturated heterocycles. The molecule has 0 heterocycles. The maximum absolute atomic E-state index is 12.5. The molecule has 1 amide bonds. The van der Waals surface area contributed by atoms with E-state index in [1.165, 1.54) is 0 Å². The third-order valence-electron chi connectivity index (χ3n) is 4.82. The summed E-state index contributed by atoms with van der Waals surface area (Å²) in [5, 5.41) is 8.55. The summed E-state index contributed by atoms with van der Waals surface area (Å²) in [6.07, 6.45) is 2.37. The van der Waals surface area contributed by atoms with Gasteiger partial charge in [-0.25, -0.2) is 14.5 Å². The molecule has 0 saturated carbocycles. The third kappa shape index (κ3) is 7.58. The lowest BCUT2D eigenvalue weighted by Gasteiger charge is -2.24. The first-order valence-corrected chi connectivity index (χ1v) is 10.9. The van der Waals surface area contributed by atoms with Crippen LogP contribution in [-0.2, 0) is 11.2 Å². The first-order valence-electron chi connectivity index (χ1n) is 10.9. The van der Waals surface area contributed by atoms with Crippen LogP contribution < -0.4 is 4.90 Å². The molecule has 1 atom stereocenters. The van der Waals surface area contributed by atoms with Gasteiger partial charge in [-0.1, -0.05) is 68.8 Å². The summed E-state index contributed by atoms with van der Waals surface area (Å²) in [4.78, 5) is 24.5. The van der Waals surface area contributed by atoms with E-state index in [-0.39, 0.29) is 12.2 Å². The Hall–Kier alpha value is -3.60. The number of rotatable bonds is 7. The molecule has 0 aliphatic carbocycles. The van der Waals surface area contributed by atoms with E-state index >= 15 is 0 Å². The Morgan fingerprint density at radius 2 is 1.34 bits per heavy atom. The molecule has 0 radical (unpaired) electrons. The van der Waals surface area contributed by atoms with Crippen LogP contribution in [0, 0.1) is 0 Å². The van der Waals surface area contributed by atoms with E-state index in [4.69, 9.17) is 9.84 Å². The van der Waals surface area contributed by atoms with Crippen LogP contribution in [-0.4, -0.2) is 23.3 Å². The fourth-order valence-corrected chi connectivity index (χ4v) is 3.09. The van der Waals surface area contributed by atoms with Crippen LogP contribution in [0.4, 0.5) is 16.2 Å².